The Morgan fingerprint density at radius 3 is 2.22 bits per heavy atom. The maximum absolute atomic E-state index is 13.7. The lowest BCUT2D eigenvalue weighted by molar-refractivity contribution is -0.171. The summed E-state index contributed by atoms with van der Waals surface area (Å²) in [6.45, 7) is 8.87. The molecule has 353 valence electrons. The van der Waals surface area contributed by atoms with Gasteiger partial charge in [-0.25, -0.2) is 13.2 Å². The molecule has 0 unspecified atom stereocenters. The van der Waals surface area contributed by atoms with E-state index in [0.29, 0.717) is 36.9 Å². The van der Waals surface area contributed by atoms with Gasteiger partial charge in [0.05, 0.1) is 61.3 Å². The molecule has 0 aliphatic rings. The average Bonchev–Trinajstić information content (AvgIpc) is 3.78. The highest BCUT2D eigenvalue weighted by atomic mass is 32.2. The molecule has 21 heteroatoms. The molecular formula is C44H59BN5O14S. The van der Waals surface area contributed by atoms with Crippen molar-refractivity contribution in [1.82, 2.24) is 21.0 Å². The normalized spacial score (nSPS) is 12.4. The number of unbranched alkanes of at least 4 members (excludes halogenated alkanes) is 3. The SMILES string of the molecule is C[B]OC(=O)[C@H](CC(=O)OCCCC)NC(=O)c1ccc(-c2ccc(C(=O)NCNC(=O)[C@H](CCCCC)[C@@H](CC)N(C=O)OC(=O)c3ccc(N(C)S(C)(=O)=O)cc3)o2)cc1OCC. The second-order valence-electron chi connectivity index (χ2n) is 14.7. The first-order valence-electron chi connectivity index (χ1n) is 21.4. The third kappa shape index (κ3) is 16.0. The Morgan fingerprint density at radius 2 is 1.60 bits per heavy atom. The summed E-state index contributed by atoms with van der Waals surface area (Å²) in [6.07, 6.45) is 5.20. The van der Waals surface area contributed by atoms with E-state index in [-0.39, 0.29) is 54.7 Å². The molecule has 3 N–H and O–H groups in total. The number of amides is 4. The molecule has 0 fully saturated rings. The van der Waals surface area contributed by atoms with E-state index in [0.717, 1.165) is 42.4 Å². The number of nitrogens with one attached hydrogen (secondary N) is 3. The van der Waals surface area contributed by atoms with E-state index in [9.17, 15) is 42.0 Å². The highest BCUT2D eigenvalue weighted by Crippen LogP contribution is 2.30. The summed E-state index contributed by atoms with van der Waals surface area (Å²) in [5, 5.41) is 8.61. The van der Waals surface area contributed by atoms with Gasteiger partial charge in [0.15, 0.2) is 5.76 Å². The van der Waals surface area contributed by atoms with Crippen molar-refractivity contribution in [2.24, 2.45) is 5.92 Å². The van der Waals surface area contributed by atoms with Crippen LogP contribution in [0.2, 0.25) is 6.82 Å². The molecule has 3 atom stereocenters. The lowest BCUT2D eigenvalue weighted by atomic mass is 9.90. The molecule has 19 nitrogen and oxygen atoms in total. The number of carbonyl (C=O) groups is 7. The molecule has 1 radical (unpaired) electrons. The number of ether oxygens (including phenoxy) is 2. The summed E-state index contributed by atoms with van der Waals surface area (Å²) in [5.74, 6) is -4.89. The maximum atomic E-state index is 13.7. The third-order valence-electron chi connectivity index (χ3n) is 10.0. The zero-order valence-electron chi connectivity index (χ0n) is 37.9. The minimum absolute atomic E-state index is 0.0434. The summed E-state index contributed by atoms with van der Waals surface area (Å²) in [6, 6.07) is 10.8. The van der Waals surface area contributed by atoms with Crippen molar-refractivity contribution >= 4 is 65.2 Å². The van der Waals surface area contributed by atoms with Crippen LogP contribution in [0.25, 0.3) is 11.3 Å². The summed E-state index contributed by atoms with van der Waals surface area (Å²) in [5.41, 5.74) is 0.837. The average molecular weight is 925 g/mol. The van der Waals surface area contributed by atoms with Gasteiger partial charge in [-0.2, -0.15) is 5.06 Å². The number of furan rings is 1. The second-order valence-corrected chi connectivity index (χ2v) is 16.7. The lowest BCUT2D eigenvalue weighted by Gasteiger charge is -2.31. The molecule has 3 rings (SSSR count). The van der Waals surface area contributed by atoms with Gasteiger partial charge >= 0.3 is 25.4 Å². The molecule has 3 aromatic rings. The molecule has 4 amide bonds. The van der Waals surface area contributed by atoms with E-state index in [1.165, 1.54) is 62.4 Å². The number of hydrogen-bond donors (Lipinski definition) is 3. The van der Waals surface area contributed by atoms with Crippen molar-refractivity contribution in [3.05, 3.63) is 71.5 Å². The van der Waals surface area contributed by atoms with Gasteiger partial charge in [0, 0.05) is 12.6 Å². The zero-order valence-corrected chi connectivity index (χ0v) is 38.7. The van der Waals surface area contributed by atoms with Gasteiger partial charge in [0.2, 0.25) is 22.3 Å². The maximum Gasteiger partial charge on any atom is 0.370 e. The number of nitrogens with zero attached hydrogens (tertiary/aromatic N) is 2. The molecule has 0 aliphatic carbocycles. The van der Waals surface area contributed by atoms with Gasteiger partial charge in [-0.3, -0.25) is 33.1 Å². The Hall–Kier alpha value is -6.38. The summed E-state index contributed by atoms with van der Waals surface area (Å²) < 4.78 is 46.5. The molecule has 1 aromatic heterocycles. The monoisotopic (exact) mass is 924 g/mol. The summed E-state index contributed by atoms with van der Waals surface area (Å²) in [4.78, 5) is 96.2. The minimum atomic E-state index is -3.54. The number of esters is 1. The number of hydrogen-bond acceptors (Lipinski definition) is 14. The van der Waals surface area contributed by atoms with Crippen molar-refractivity contribution in [2.45, 2.75) is 98.0 Å². The first-order valence-corrected chi connectivity index (χ1v) is 23.3. The van der Waals surface area contributed by atoms with E-state index in [1.807, 2.05) is 13.8 Å². The topological polar surface area (TPSA) is 246 Å². The van der Waals surface area contributed by atoms with E-state index < -0.39 is 70.1 Å². The predicted molar refractivity (Wildman–Crippen MR) is 240 cm³/mol. The fourth-order valence-corrected chi connectivity index (χ4v) is 6.94. The Bertz CT molecular complexity index is 2200. The first kappa shape index (κ1) is 53.0. The third-order valence-corrected chi connectivity index (χ3v) is 11.2. The van der Waals surface area contributed by atoms with Crippen LogP contribution < -0.4 is 25.0 Å². The number of hydroxylamine groups is 2. The molecule has 0 saturated heterocycles. The Morgan fingerprint density at radius 1 is 0.892 bits per heavy atom. The van der Waals surface area contributed by atoms with Crippen LogP contribution >= 0.6 is 0 Å². The van der Waals surface area contributed by atoms with Crippen LogP contribution in [0.5, 0.6) is 5.75 Å². The predicted octanol–water partition coefficient (Wildman–Crippen LogP) is 4.79. The number of rotatable bonds is 28. The molecule has 65 heavy (non-hydrogen) atoms. The fourth-order valence-electron chi connectivity index (χ4n) is 6.44. The van der Waals surface area contributed by atoms with Crippen LogP contribution in [-0.4, -0.2) is 108 Å². The molecule has 1 heterocycles. The summed E-state index contributed by atoms with van der Waals surface area (Å²) in [7, 11) is -1.04. The highest BCUT2D eigenvalue weighted by molar-refractivity contribution is 7.92. The Balaban J connectivity index is 1.70. The highest BCUT2D eigenvalue weighted by Gasteiger charge is 2.34. The van der Waals surface area contributed by atoms with Crippen molar-refractivity contribution in [3.63, 3.8) is 0 Å². The summed E-state index contributed by atoms with van der Waals surface area (Å²) >= 11 is 0. The van der Waals surface area contributed by atoms with Gasteiger partial charge in [-0.05, 0) is 74.7 Å². The molecule has 2 aromatic carbocycles. The largest absolute Gasteiger partial charge is 0.538 e. The van der Waals surface area contributed by atoms with Gasteiger partial charge in [-0.15, -0.1) is 0 Å². The van der Waals surface area contributed by atoms with E-state index >= 15 is 0 Å². The number of sulfonamides is 1. The van der Waals surface area contributed by atoms with Gasteiger partial charge in [0.1, 0.15) is 17.6 Å². The standard InChI is InChI=1S/C44H59BN5O14S/c1-8-12-14-15-32(35(10-3)50(28-51)64-43(56)29-16-19-31(20-17-29)49(6)65(7,58)59)40(53)46-27-47-42(55)37-23-22-36(62-37)30-18-21-33(38(25-30)60-11-4)41(54)48-34(44(57)63-45-5)26-39(52)61-24-13-9-2/h16-23,25,28,32,34-35H,8-15,24,26-27H2,1-7H3,(H,46,53)(H,47,55)(H,48,54)/t32-,34+,35-/m1/s1. The van der Waals surface area contributed by atoms with Crippen LogP contribution in [0.15, 0.2) is 59.0 Å². The van der Waals surface area contributed by atoms with E-state index in [2.05, 4.69) is 16.0 Å². The lowest BCUT2D eigenvalue weighted by Crippen LogP contribution is -2.49. The van der Waals surface area contributed by atoms with Crippen molar-refractivity contribution in [2.75, 3.05) is 37.5 Å². The van der Waals surface area contributed by atoms with Crippen molar-refractivity contribution < 1.29 is 65.4 Å². The molecule has 0 bridgehead atoms. The van der Waals surface area contributed by atoms with Gasteiger partial charge < -0.3 is 39.3 Å². The van der Waals surface area contributed by atoms with Crippen molar-refractivity contribution in [1.29, 1.82) is 0 Å². The Kier molecular flexibility index (Phi) is 21.5. The van der Waals surface area contributed by atoms with E-state index in [4.69, 9.17) is 23.4 Å². The molecule has 0 aliphatic heterocycles. The van der Waals surface area contributed by atoms with Crippen LogP contribution in [0.4, 0.5) is 5.69 Å². The minimum Gasteiger partial charge on any atom is -0.538 e. The van der Waals surface area contributed by atoms with Crippen LogP contribution in [0.1, 0.15) is 110 Å². The smallest absolute Gasteiger partial charge is 0.370 e. The van der Waals surface area contributed by atoms with Gasteiger partial charge in [-0.1, -0.05) is 59.3 Å². The molecule has 0 saturated carbocycles. The number of anilines is 1. The first-order chi connectivity index (χ1) is 31.0. The molecular weight excluding hydrogens is 865 g/mol. The van der Waals surface area contributed by atoms with E-state index in [1.54, 1.807) is 19.9 Å². The zero-order chi connectivity index (χ0) is 48.1. The van der Waals surface area contributed by atoms with Crippen molar-refractivity contribution in [3.8, 4) is 17.1 Å². The second kappa shape index (κ2) is 26.4. The van der Waals surface area contributed by atoms with Crippen LogP contribution in [-0.2, 0) is 43.4 Å². The fraction of sp³-hybridized carbons (Fsp3) is 0.477. The number of benzene rings is 2. The quantitative estimate of drug-likeness (QED) is 0.0221. The Labute approximate surface area is 380 Å². The molecule has 0 spiro atoms. The van der Waals surface area contributed by atoms with Gasteiger partial charge in [0.25, 0.3) is 11.8 Å². The van der Waals surface area contributed by atoms with Crippen LogP contribution in [0.3, 0.4) is 0 Å². The number of carbonyl (C=O) groups excluding carboxylic acids is 7. The van der Waals surface area contributed by atoms with Crippen LogP contribution in [0, 0.1) is 5.92 Å².